The van der Waals surface area contributed by atoms with Crippen LogP contribution in [0.15, 0.2) is 12.1 Å². The van der Waals surface area contributed by atoms with Gasteiger partial charge in [-0.25, -0.2) is 0 Å². The number of rotatable bonds is 4. The van der Waals surface area contributed by atoms with Crippen LogP contribution < -0.4 is 11.1 Å². The van der Waals surface area contributed by atoms with Gasteiger partial charge in [0.25, 0.3) is 0 Å². The molecule has 0 aliphatic heterocycles. The molecule has 70 valence electrons. The molecular weight excluding hydrogens is 192 g/mol. The van der Waals surface area contributed by atoms with E-state index in [1.165, 1.54) is 0 Å². The van der Waals surface area contributed by atoms with Crippen molar-refractivity contribution in [2.24, 2.45) is 5.73 Å². The predicted octanol–water partition coefficient (Wildman–Crippen LogP) is 0.417. The smallest absolute Gasteiger partial charge is 0.219 e. The number of amides is 1. The largest absolute Gasteiger partial charge is 0.370 e. The number of hydrogen-bond donors (Lipinski definition) is 2. The van der Waals surface area contributed by atoms with E-state index >= 15 is 0 Å². The molecule has 0 fully saturated rings. The summed E-state index contributed by atoms with van der Waals surface area (Å²) in [5, 5.41) is 10.5. The molecule has 3 N–H and O–H groups in total. The van der Waals surface area contributed by atoms with Gasteiger partial charge in [0.15, 0.2) is 5.15 Å². The molecule has 0 saturated carbocycles. The summed E-state index contributed by atoms with van der Waals surface area (Å²) >= 11 is 5.52. The average Bonchev–Trinajstić information content (AvgIpc) is 2.08. The third-order valence-corrected chi connectivity index (χ3v) is 1.51. The van der Waals surface area contributed by atoms with Crippen LogP contribution in [0.2, 0.25) is 5.15 Å². The first-order chi connectivity index (χ1) is 6.18. The lowest BCUT2D eigenvalue weighted by atomic mass is 10.4. The molecule has 0 saturated heterocycles. The zero-order chi connectivity index (χ0) is 9.68. The maximum Gasteiger partial charge on any atom is 0.219 e. The summed E-state index contributed by atoms with van der Waals surface area (Å²) in [6.07, 6.45) is 0.268. The minimum absolute atomic E-state index is 0.268. The molecule has 0 radical (unpaired) electrons. The second kappa shape index (κ2) is 4.61. The summed E-state index contributed by atoms with van der Waals surface area (Å²) in [6.45, 7) is 0.450. The molecule has 6 heteroatoms. The van der Waals surface area contributed by atoms with Gasteiger partial charge in [-0.1, -0.05) is 11.6 Å². The van der Waals surface area contributed by atoms with Crippen LogP contribution in [0.3, 0.4) is 0 Å². The highest BCUT2D eigenvalue weighted by atomic mass is 35.5. The monoisotopic (exact) mass is 200 g/mol. The molecule has 13 heavy (non-hydrogen) atoms. The van der Waals surface area contributed by atoms with Crippen LogP contribution in [-0.2, 0) is 4.79 Å². The van der Waals surface area contributed by atoms with Crippen molar-refractivity contribution in [3.63, 3.8) is 0 Å². The topological polar surface area (TPSA) is 80.9 Å². The van der Waals surface area contributed by atoms with Crippen LogP contribution >= 0.6 is 11.6 Å². The van der Waals surface area contributed by atoms with E-state index in [-0.39, 0.29) is 12.3 Å². The highest BCUT2D eigenvalue weighted by Gasteiger charge is 1.96. The second-order valence-corrected chi connectivity index (χ2v) is 2.77. The molecule has 1 amide bonds. The van der Waals surface area contributed by atoms with Gasteiger partial charge in [-0.3, -0.25) is 4.79 Å². The zero-order valence-corrected chi connectivity index (χ0v) is 7.58. The minimum atomic E-state index is -0.352. The molecular formula is C7H9ClN4O. The summed E-state index contributed by atoms with van der Waals surface area (Å²) in [5.41, 5.74) is 4.94. The fourth-order valence-electron chi connectivity index (χ4n) is 0.724. The van der Waals surface area contributed by atoms with Crippen molar-refractivity contribution in [3.05, 3.63) is 17.3 Å². The minimum Gasteiger partial charge on any atom is -0.370 e. The molecule has 1 rings (SSSR count). The SMILES string of the molecule is NC(=O)CCNc1ccc(Cl)nn1. The maximum atomic E-state index is 10.4. The molecule has 0 unspecified atom stereocenters. The Morgan fingerprint density at radius 3 is 2.85 bits per heavy atom. The highest BCUT2D eigenvalue weighted by molar-refractivity contribution is 6.29. The van der Waals surface area contributed by atoms with E-state index in [1.54, 1.807) is 12.1 Å². The molecule has 0 bridgehead atoms. The Kier molecular flexibility index (Phi) is 3.45. The average molecular weight is 201 g/mol. The van der Waals surface area contributed by atoms with Crippen molar-refractivity contribution in [1.82, 2.24) is 10.2 Å². The lowest BCUT2D eigenvalue weighted by Gasteiger charge is -2.01. The number of carbonyl (C=O) groups excluding carboxylic acids is 1. The van der Waals surface area contributed by atoms with E-state index in [1.807, 2.05) is 0 Å². The van der Waals surface area contributed by atoms with Crippen molar-refractivity contribution in [2.75, 3.05) is 11.9 Å². The Labute approximate surface area is 80.3 Å². The second-order valence-electron chi connectivity index (χ2n) is 2.38. The normalized spacial score (nSPS) is 9.62. The van der Waals surface area contributed by atoms with Crippen molar-refractivity contribution in [2.45, 2.75) is 6.42 Å². The Balaban J connectivity index is 2.37. The zero-order valence-electron chi connectivity index (χ0n) is 6.83. The summed E-state index contributed by atoms with van der Waals surface area (Å²) < 4.78 is 0. The summed E-state index contributed by atoms with van der Waals surface area (Å²) in [4.78, 5) is 10.4. The number of aromatic nitrogens is 2. The molecule has 1 heterocycles. The first-order valence-electron chi connectivity index (χ1n) is 3.70. The third-order valence-electron chi connectivity index (χ3n) is 1.31. The lowest BCUT2D eigenvalue weighted by molar-refractivity contribution is -0.117. The number of anilines is 1. The fraction of sp³-hybridized carbons (Fsp3) is 0.286. The number of hydrogen-bond acceptors (Lipinski definition) is 4. The Morgan fingerprint density at radius 1 is 1.54 bits per heavy atom. The quantitative estimate of drug-likeness (QED) is 0.738. The maximum absolute atomic E-state index is 10.4. The molecule has 0 aliphatic rings. The number of nitrogens with zero attached hydrogens (tertiary/aromatic N) is 2. The number of nitrogens with two attached hydrogens (primary N) is 1. The first-order valence-corrected chi connectivity index (χ1v) is 4.07. The number of halogens is 1. The molecule has 0 atom stereocenters. The number of nitrogens with one attached hydrogen (secondary N) is 1. The number of primary amides is 1. The molecule has 5 nitrogen and oxygen atoms in total. The van der Waals surface area contributed by atoms with E-state index in [9.17, 15) is 4.79 Å². The highest BCUT2D eigenvalue weighted by Crippen LogP contribution is 2.05. The lowest BCUT2D eigenvalue weighted by Crippen LogP contribution is -2.16. The van der Waals surface area contributed by atoms with Gasteiger partial charge >= 0.3 is 0 Å². The van der Waals surface area contributed by atoms with Crippen molar-refractivity contribution >= 4 is 23.3 Å². The van der Waals surface area contributed by atoms with Gasteiger partial charge < -0.3 is 11.1 Å². The molecule has 1 aromatic heterocycles. The Hall–Kier alpha value is -1.36. The fourth-order valence-corrected chi connectivity index (χ4v) is 0.825. The van der Waals surface area contributed by atoms with Gasteiger partial charge in [-0.05, 0) is 12.1 Å². The van der Waals surface area contributed by atoms with Crippen molar-refractivity contribution in [3.8, 4) is 0 Å². The predicted molar refractivity (Wildman–Crippen MR) is 49.3 cm³/mol. The van der Waals surface area contributed by atoms with Gasteiger partial charge in [-0.15, -0.1) is 10.2 Å². The van der Waals surface area contributed by atoms with Gasteiger partial charge in [-0.2, -0.15) is 0 Å². The van der Waals surface area contributed by atoms with E-state index < -0.39 is 0 Å². The molecule has 0 aromatic carbocycles. The molecule has 0 aliphatic carbocycles. The summed E-state index contributed by atoms with van der Waals surface area (Å²) in [5.74, 6) is 0.222. The first kappa shape index (κ1) is 9.73. The summed E-state index contributed by atoms with van der Waals surface area (Å²) in [7, 11) is 0. The van der Waals surface area contributed by atoms with Crippen molar-refractivity contribution < 1.29 is 4.79 Å². The van der Waals surface area contributed by atoms with Gasteiger partial charge in [0.05, 0.1) is 0 Å². The third kappa shape index (κ3) is 3.71. The van der Waals surface area contributed by atoms with Crippen LogP contribution in [0.25, 0.3) is 0 Å². The van der Waals surface area contributed by atoms with Gasteiger partial charge in [0, 0.05) is 13.0 Å². The van der Waals surface area contributed by atoms with Crippen LogP contribution in [-0.4, -0.2) is 22.6 Å². The summed E-state index contributed by atoms with van der Waals surface area (Å²) in [6, 6.07) is 3.29. The Morgan fingerprint density at radius 2 is 2.31 bits per heavy atom. The standard InChI is InChI=1S/C7H9ClN4O/c8-5-1-2-7(12-11-5)10-4-3-6(9)13/h1-2H,3-4H2,(H2,9,13)(H,10,12). The molecule has 1 aromatic rings. The molecule has 0 spiro atoms. The number of carbonyl (C=O) groups is 1. The Bertz CT molecular complexity index is 287. The van der Waals surface area contributed by atoms with Crippen LogP contribution in [0.1, 0.15) is 6.42 Å². The van der Waals surface area contributed by atoms with E-state index in [0.29, 0.717) is 17.5 Å². The van der Waals surface area contributed by atoms with Gasteiger partial charge in [0.1, 0.15) is 5.82 Å². The van der Waals surface area contributed by atoms with Crippen molar-refractivity contribution in [1.29, 1.82) is 0 Å². The van der Waals surface area contributed by atoms with E-state index in [2.05, 4.69) is 15.5 Å². The van der Waals surface area contributed by atoms with E-state index in [0.717, 1.165) is 0 Å². The van der Waals surface area contributed by atoms with Crippen LogP contribution in [0.5, 0.6) is 0 Å². The van der Waals surface area contributed by atoms with E-state index in [4.69, 9.17) is 17.3 Å². The van der Waals surface area contributed by atoms with Gasteiger partial charge in [0.2, 0.25) is 5.91 Å². The van der Waals surface area contributed by atoms with Crippen LogP contribution in [0, 0.1) is 0 Å². The van der Waals surface area contributed by atoms with Crippen LogP contribution in [0.4, 0.5) is 5.82 Å².